The molecule has 1 aliphatic carbocycles. The highest BCUT2D eigenvalue weighted by Crippen LogP contribution is 2.29. The Morgan fingerprint density at radius 1 is 1.36 bits per heavy atom. The van der Waals surface area contributed by atoms with E-state index in [1.165, 1.54) is 13.2 Å². The summed E-state index contributed by atoms with van der Waals surface area (Å²) >= 11 is 0. The molecular formula is C17H25ClF2N2O3. The molecule has 2 rings (SSSR count). The normalized spacial score (nSPS) is 19.9. The molecule has 3 N–H and O–H groups in total. The first kappa shape index (κ1) is 21.4. The molecule has 0 spiro atoms. The molecule has 5 nitrogen and oxygen atoms in total. The van der Waals surface area contributed by atoms with Crippen LogP contribution < -0.4 is 20.5 Å². The molecule has 1 aromatic rings. The summed E-state index contributed by atoms with van der Waals surface area (Å²) in [5, 5.41) is 2.90. The number of hydrogen-bond acceptors (Lipinski definition) is 4. The maximum Gasteiger partial charge on any atom is 0.387 e. The molecule has 2 unspecified atom stereocenters. The number of amides is 1. The minimum absolute atomic E-state index is 0. The van der Waals surface area contributed by atoms with Crippen LogP contribution in [0, 0.1) is 5.92 Å². The van der Waals surface area contributed by atoms with Gasteiger partial charge in [0.15, 0.2) is 11.5 Å². The van der Waals surface area contributed by atoms with Crippen molar-refractivity contribution in [3.63, 3.8) is 0 Å². The van der Waals surface area contributed by atoms with Crippen molar-refractivity contribution in [3.05, 3.63) is 23.8 Å². The molecule has 2 atom stereocenters. The number of carbonyl (C=O) groups is 1. The van der Waals surface area contributed by atoms with Crippen molar-refractivity contribution in [1.82, 2.24) is 5.32 Å². The van der Waals surface area contributed by atoms with Crippen LogP contribution in [0.3, 0.4) is 0 Å². The first-order valence-electron chi connectivity index (χ1n) is 8.14. The molecule has 1 saturated carbocycles. The standard InChI is InChI=1S/C17H24F2N2O3.ClH/c1-23-14-6-5-11(9-15(14)24-17(18)19)7-8-21-16(22)12-3-2-4-13(20)10-12;/h5-6,9,12-13,17H,2-4,7-8,10,20H2,1H3,(H,21,22);1H. The van der Waals surface area contributed by atoms with Crippen LogP contribution in [0.1, 0.15) is 31.2 Å². The molecule has 1 amide bonds. The average Bonchev–Trinajstić information content (AvgIpc) is 2.54. The molecule has 0 bridgehead atoms. The van der Waals surface area contributed by atoms with Crippen LogP contribution in [0.5, 0.6) is 11.5 Å². The van der Waals surface area contributed by atoms with E-state index in [1.807, 2.05) is 0 Å². The maximum atomic E-state index is 12.4. The second-order valence-corrected chi connectivity index (χ2v) is 6.03. The molecule has 1 aliphatic rings. The van der Waals surface area contributed by atoms with Gasteiger partial charge in [-0.25, -0.2) is 0 Å². The van der Waals surface area contributed by atoms with Crippen LogP contribution in [0.15, 0.2) is 18.2 Å². The summed E-state index contributed by atoms with van der Waals surface area (Å²) in [6.45, 7) is -2.48. The van der Waals surface area contributed by atoms with Crippen molar-refractivity contribution in [1.29, 1.82) is 0 Å². The minimum atomic E-state index is -2.91. The second kappa shape index (κ2) is 10.4. The van der Waals surface area contributed by atoms with Gasteiger partial charge in [0.1, 0.15) is 0 Å². The van der Waals surface area contributed by atoms with Gasteiger partial charge < -0.3 is 20.5 Å². The predicted octanol–water partition coefficient (Wildman–Crippen LogP) is 2.89. The molecular weight excluding hydrogens is 354 g/mol. The lowest BCUT2D eigenvalue weighted by Crippen LogP contribution is -2.38. The Kier molecular flexibility index (Phi) is 8.92. The maximum absolute atomic E-state index is 12.4. The van der Waals surface area contributed by atoms with E-state index in [0.29, 0.717) is 13.0 Å². The number of alkyl halides is 2. The summed E-state index contributed by atoms with van der Waals surface area (Å²) in [7, 11) is 1.39. The monoisotopic (exact) mass is 378 g/mol. The number of ether oxygens (including phenoxy) is 2. The van der Waals surface area contributed by atoms with Crippen LogP contribution in [0.2, 0.25) is 0 Å². The van der Waals surface area contributed by atoms with Gasteiger partial charge >= 0.3 is 6.61 Å². The molecule has 1 aromatic carbocycles. The first-order chi connectivity index (χ1) is 11.5. The van der Waals surface area contributed by atoms with Crippen molar-refractivity contribution < 1.29 is 23.0 Å². The van der Waals surface area contributed by atoms with Crippen LogP contribution in [-0.2, 0) is 11.2 Å². The third-order valence-corrected chi connectivity index (χ3v) is 4.24. The fourth-order valence-corrected chi connectivity index (χ4v) is 3.00. The summed E-state index contributed by atoms with van der Waals surface area (Å²) in [4.78, 5) is 12.1. The van der Waals surface area contributed by atoms with Gasteiger partial charge in [0.25, 0.3) is 0 Å². The van der Waals surface area contributed by atoms with E-state index in [9.17, 15) is 13.6 Å². The van der Waals surface area contributed by atoms with Gasteiger partial charge in [0, 0.05) is 18.5 Å². The molecule has 1 fully saturated rings. The van der Waals surface area contributed by atoms with Crippen molar-refractivity contribution in [3.8, 4) is 11.5 Å². The zero-order chi connectivity index (χ0) is 17.5. The SMILES string of the molecule is COc1ccc(CCNC(=O)C2CCCC(N)C2)cc1OC(F)F.Cl. The Bertz CT molecular complexity index is 561. The predicted molar refractivity (Wildman–Crippen MR) is 93.5 cm³/mol. The van der Waals surface area contributed by atoms with E-state index in [2.05, 4.69) is 10.1 Å². The number of methoxy groups -OCH3 is 1. The highest BCUT2D eigenvalue weighted by atomic mass is 35.5. The molecule has 0 aliphatic heterocycles. The molecule has 0 heterocycles. The Morgan fingerprint density at radius 3 is 2.76 bits per heavy atom. The average molecular weight is 379 g/mol. The van der Waals surface area contributed by atoms with Crippen molar-refractivity contribution in [2.24, 2.45) is 11.7 Å². The van der Waals surface area contributed by atoms with E-state index in [1.54, 1.807) is 12.1 Å². The smallest absolute Gasteiger partial charge is 0.387 e. The Morgan fingerprint density at radius 2 is 2.12 bits per heavy atom. The third kappa shape index (κ3) is 6.66. The highest BCUT2D eigenvalue weighted by molar-refractivity contribution is 5.85. The largest absolute Gasteiger partial charge is 0.493 e. The summed E-state index contributed by atoms with van der Waals surface area (Å²) < 4.78 is 34.3. The third-order valence-electron chi connectivity index (χ3n) is 4.24. The van der Waals surface area contributed by atoms with Crippen LogP contribution in [0.4, 0.5) is 8.78 Å². The minimum Gasteiger partial charge on any atom is -0.493 e. The lowest BCUT2D eigenvalue weighted by molar-refractivity contribution is -0.126. The Labute approximate surface area is 152 Å². The number of rotatable bonds is 7. The Hall–Kier alpha value is -1.60. The number of hydrogen-bond donors (Lipinski definition) is 2. The molecule has 0 saturated heterocycles. The number of nitrogens with one attached hydrogen (secondary N) is 1. The van der Waals surface area contributed by atoms with Crippen molar-refractivity contribution >= 4 is 18.3 Å². The van der Waals surface area contributed by atoms with E-state index in [4.69, 9.17) is 10.5 Å². The van der Waals surface area contributed by atoms with Gasteiger partial charge in [0.2, 0.25) is 5.91 Å². The fourth-order valence-electron chi connectivity index (χ4n) is 3.00. The topological polar surface area (TPSA) is 73.6 Å². The zero-order valence-electron chi connectivity index (χ0n) is 14.2. The number of halogens is 3. The quantitative estimate of drug-likeness (QED) is 0.765. The van der Waals surface area contributed by atoms with Crippen LogP contribution in [0.25, 0.3) is 0 Å². The van der Waals surface area contributed by atoms with Gasteiger partial charge in [-0.05, 0) is 43.4 Å². The van der Waals surface area contributed by atoms with Crippen molar-refractivity contribution in [2.45, 2.75) is 44.8 Å². The van der Waals surface area contributed by atoms with Gasteiger partial charge in [-0.15, -0.1) is 12.4 Å². The molecule has 8 heteroatoms. The number of carbonyl (C=O) groups excluding carboxylic acids is 1. The van der Waals surface area contributed by atoms with E-state index in [-0.39, 0.29) is 41.8 Å². The van der Waals surface area contributed by atoms with Gasteiger partial charge in [0.05, 0.1) is 7.11 Å². The number of nitrogens with two attached hydrogens (primary N) is 1. The second-order valence-electron chi connectivity index (χ2n) is 6.03. The van der Waals surface area contributed by atoms with Gasteiger partial charge in [-0.1, -0.05) is 12.5 Å². The highest BCUT2D eigenvalue weighted by Gasteiger charge is 2.24. The van der Waals surface area contributed by atoms with E-state index < -0.39 is 6.61 Å². The van der Waals surface area contributed by atoms with Gasteiger partial charge in [-0.2, -0.15) is 8.78 Å². The van der Waals surface area contributed by atoms with Gasteiger partial charge in [-0.3, -0.25) is 4.79 Å². The zero-order valence-corrected chi connectivity index (χ0v) is 15.0. The summed E-state index contributed by atoms with van der Waals surface area (Å²) in [5.74, 6) is 0.235. The summed E-state index contributed by atoms with van der Waals surface area (Å²) in [6.07, 6.45) is 4.07. The van der Waals surface area contributed by atoms with Crippen LogP contribution >= 0.6 is 12.4 Å². The van der Waals surface area contributed by atoms with E-state index >= 15 is 0 Å². The fraction of sp³-hybridized carbons (Fsp3) is 0.588. The lowest BCUT2D eigenvalue weighted by atomic mass is 9.85. The Balaban J connectivity index is 0.00000312. The molecule has 0 aromatic heterocycles. The molecule has 0 radical (unpaired) electrons. The molecule has 25 heavy (non-hydrogen) atoms. The summed E-state index contributed by atoms with van der Waals surface area (Å²) in [6, 6.07) is 4.95. The van der Waals surface area contributed by atoms with Crippen molar-refractivity contribution in [2.75, 3.05) is 13.7 Å². The lowest BCUT2D eigenvalue weighted by Gasteiger charge is -2.25. The van der Waals surface area contributed by atoms with Crippen LogP contribution in [-0.4, -0.2) is 32.2 Å². The summed E-state index contributed by atoms with van der Waals surface area (Å²) in [5.41, 5.74) is 6.68. The number of benzene rings is 1. The van der Waals surface area contributed by atoms with E-state index in [0.717, 1.165) is 31.2 Å². The first-order valence-corrected chi connectivity index (χ1v) is 8.14. The molecule has 142 valence electrons.